The van der Waals surface area contributed by atoms with E-state index >= 15 is 0 Å². The van der Waals surface area contributed by atoms with E-state index in [2.05, 4.69) is 21.2 Å². The number of amides is 1. The number of hydrogen-bond donors (Lipinski definition) is 2. The van der Waals surface area contributed by atoms with E-state index in [1.165, 1.54) is 0 Å². The van der Waals surface area contributed by atoms with E-state index in [9.17, 15) is 4.79 Å². The van der Waals surface area contributed by atoms with Crippen LogP contribution >= 0.6 is 15.9 Å². The van der Waals surface area contributed by atoms with Crippen molar-refractivity contribution in [2.45, 2.75) is 5.33 Å². The number of anilines is 2. The van der Waals surface area contributed by atoms with Crippen LogP contribution in [0, 0.1) is 0 Å². The molecule has 0 bridgehead atoms. The predicted octanol–water partition coefficient (Wildman–Crippen LogP) is 3.42. The predicted molar refractivity (Wildman–Crippen MR) is 77.9 cm³/mol. The average molecular weight is 305 g/mol. The van der Waals surface area contributed by atoms with Crippen LogP contribution in [0.15, 0.2) is 48.5 Å². The van der Waals surface area contributed by atoms with Crippen molar-refractivity contribution in [2.24, 2.45) is 0 Å². The van der Waals surface area contributed by atoms with Gasteiger partial charge in [-0.15, -0.1) is 0 Å². The summed E-state index contributed by atoms with van der Waals surface area (Å²) in [6.07, 6.45) is 0. The number of para-hydroxylation sites is 2. The number of carbonyl (C=O) groups excluding carboxylic acids is 1. The second-order valence-electron chi connectivity index (χ2n) is 3.87. The minimum atomic E-state index is -0.158. The molecule has 0 aliphatic heterocycles. The Morgan fingerprint density at radius 3 is 2.39 bits per heavy atom. The maximum absolute atomic E-state index is 12.0. The molecular formula is C14H13BrN2O. The molecule has 0 fully saturated rings. The molecule has 0 saturated heterocycles. The van der Waals surface area contributed by atoms with Crippen LogP contribution in [0.4, 0.5) is 11.4 Å². The summed E-state index contributed by atoms with van der Waals surface area (Å²) in [6, 6.07) is 14.6. The van der Waals surface area contributed by atoms with Gasteiger partial charge in [0.05, 0.1) is 11.4 Å². The Morgan fingerprint density at radius 1 is 1.11 bits per heavy atom. The molecule has 2 aromatic carbocycles. The van der Waals surface area contributed by atoms with Crippen LogP contribution < -0.4 is 11.1 Å². The van der Waals surface area contributed by atoms with Crippen molar-refractivity contribution in [3.63, 3.8) is 0 Å². The molecule has 0 heterocycles. The van der Waals surface area contributed by atoms with Gasteiger partial charge in [-0.3, -0.25) is 4.79 Å². The molecule has 0 aromatic heterocycles. The zero-order valence-electron chi connectivity index (χ0n) is 9.69. The summed E-state index contributed by atoms with van der Waals surface area (Å²) in [5, 5.41) is 3.57. The molecule has 0 radical (unpaired) electrons. The van der Waals surface area contributed by atoms with Crippen LogP contribution in [0.25, 0.3) is 0 Å². The molecule has 2 rings (SSSR count). The number of nitrogens with one attached hydrogen (secondary N) is 1. The first kappa shape index (κ1) is 12.6. The van der Waals surface area contributed by atoms with Gasteiger partial charge in [0.2, 0.25) is 0 Å². The van der Waals surface area contributed by atoms with Crippen molar-refractivity contribution in [1.82, 2.24) is 0 Å². The minimum Gasteiger partial charge on any atom is -0.397 e. The summed E-state index contributed by atoms with van der Waals surface area (Å²) in [5.74, 6) is -0.158. The zero-order valence-corrected chi connectivity index (χ0v) is 11.3. The van der Waals surface area contributed by atoms with E-state index in [0.717, 1.165) is 10.9 Å². The number of alkyl halides is 1. The highest BCUT2D eigenvalue weighted by molar-refractivity contribution is 9.08. The van der Waals surface area contributed by atoms with Crippen molar-refractivity contribution in [2.75, 3.05) is 11.1 Å². The molecule has 18 heavy (non-hydrogen) atoms. The highest BCUT2D eigenvalue weighted by atomic mass is 79.9. The van der Waals surface area contributed by atoms with E-state index in [1.54, 1.807) is 24.3 Å². The highest BCUT2D eigenvalue weighted by Crippen LogP contribution is 2.18. The van der Waals surface area contributed by atoms with Crippen molar-refractivity contribution in [3.05, 3.63) is 59.7 Å². The molecule has 1 amide bonds. The van der Waals surface area contributed by atoms with Gasteiger partial charge in [0.15, 0.2) is 0 Å². The monoisotopic (exact) mass is 304 g/mol. The van der Waals surface area contributed by atoms with E-state index in [1.807, 2.05) is 24.3 Å². The van der Waals surface area contributed by atoms with Gasteiger partial charge in [-0.2, -0.15) is 0 Å². The molecular weight excluding hydrogens is 292 g/mol. The first-order valence-electron chi connectivity index (χ1n) is 5.51. The summed E-state index contributed by atoms with van der Waals surface area (Å²) in [7, 11) is 0. The first-order valence-corrected chi connectivity index (χ1v) is 6.63. The maximum atomic E-state index is 12.0. The Morgan fingerprint density at radius 2 is 1.78 bits per heavy atom. The number of nitrogen functional groups attached to an aromatic ring is 1. The van der Waals surface area contributed by atoms with E-state index in [-0.39, 0.29) is 5.91 Å². The summed E-state index contributed by atoms with van der Waals surface area (Å²) >= 11 is 3.37. The lowest BCUT2D eigenvalue weighted by atomic mass is 10.1. The molecule has 0 atom stereocenters. The van der Waals surface area contributed by atoms with Crippen molar-refractivity contribution < 1.29 is 4.79 Å². The zero-order chi connectivity index (χ0) is 13.0. The van der Waals surface area contributed by atoms with Crippen LogP contribution in [-0.2, 0) is 5.33 Å². The molecule has 0 aliphatic rings. The molecule has 92 valence electrons. The van der Waals surface area contributed by atoms with Crippen LogP contribution in [0.2, 0.25) is 0 Å². The summed E-state index contributed by atoms with van der Waals surface area (Å²) in [5.41, 5.74) is 8.71. The van der Waals surface area contributed by atoms with Crippen LogP contribution in [0.1, 0.15) is 15.9 Å². The summed E-state index contributed by atoms with van der Waals surface area (Å²) in [4.78, 5) is 12.0. The van der Waals surface area contributed by atoms with Gasteiger partial charge in [-0.25, -0.2) is 0 Å². The Labute approximate surface area is 114 Å². The van der Waals surface area contributed by atoms with Gasteiger partial charge >= 0.3 is 0 Å². The van der Waals surface area contributed by atoms with Gasteiger partial charge in [-0.05, 0) is 29.8 Å². The molecule has 2 aromatic rings. The highest BCUT2D eigenvalue weighted by Gasteiger charge is 2.07. The quantitative estimate of drug-likeness (QED) is 0.674. The number of nitrogens with two attached hydrogens (primary N) is 1. The van der Waals surface area contributed by atoms with E-state index < -0.39 is 0 Å². The molecule has 0 unspecified atom stereocenters. The summed E-state index contributed by atoms with van der Waals surface area (Å²) < 4.78 is 0. The fourth-order valence-corrected chi connectivity index (χ4v) is 1.92. The molecule has 3 nitrogen and oxygen atoms in total. The molecule has 4 heteroatoms. The molecule has 0 saturated carbocycles. The van der Waals surface area contributed by atoms with Crippen LogP contribution in [0.3, 0.4) is 0 Å². The van der Waals surface area contributed by atoms with Gasteiger partial charge in [0, 0.05) is 10.9 Å². The third-order valence-electron chi connectivity index (χ3n) is 2.58. The Kier molecular flexibility index (Phi) is 3.99. The fraction of sp³-hybridized carbons (Fsp3) is 0.0714. The average Bonchev–Trinajstić information content (AvgIpc) is 2.41. The standard InChI is InChI=1S/C14H13BrN2O/c15-9-10-5-7-11(8-6-10)14(18)17-13-4-2-1-3-12(13)16/h1-8H,9,16H2,(H,17,18). The third-order valence-corrected chi connectivity index (χ3v) is 3.23. The van der Waals surface area contributed by atoms with Crippen LogP contribution in [0.5, 0.6) is 0 Å². The molecule has 0 aliphatic carbocycles. The van der Waals surface area contributed by atoms with E-state index in [4.69, 9.17) is 5.73 Å². The second-order valence-corrected chi connectivity index (χ2v) is 4.43. The lowest BCUT2D eigenvalue weighted by Gasteiger charge is -2.08. The van der Waals surface area contributed by atoms with Gasteiger partial charge in [-0.1, -0.05) is 40.2 Å². The number of benzene rings is 2. The summed E-state index contributed by atoms with van der Waals surface area (Å²) in [6.45, 7) is 0. The van der Waals surface area contributed by atoms with Crippen molar-refractivity contribution in [3.8, 4) is 0 Å². The first-order chi connectivity index (χ1) is 8.70. The van der Waals surface area contributed by atoms with Gasteiger partial charge in [0.25, 0.3) is 5.91 Å². The van der Waals surface area contributed by atoms with Gasteiger partial charge < -0.3 is 11.1 Å². The Hall–Kier alpha value is -1.81. The van der Waals surface area contributed by atoms with Crippen molar-refractivity contribution >= 4 is 33.2 Å². The fourth-order valence-electron chi connectivity index (χ4n) is 1.55. The second kappa shape index (κ2) is 5.69. The minimum absolute atomic E-state index is 0.158. The maximum Gasteiger partial charge on any atom is 0.255 e. The number of halogens is 1. The molecule has 0 spiro atoms. The lowest BCUT2D eigenvalue weighted by molar-refractivity contribution is 0.102. The van der Waals surface area contributed by atoms with E-state index in [0.29, 0.717) is 16.9 Å². The van der Waals surface area contributed by atoms with Gasteiger partial charge in [0.1, 0.15) is 0 Å². The Balaban J connectivity index is 2.14. The Bertz CT molecular complexity index is 552. The smallest absolute Gasteiger partial charge is 0.255 e. The van der Waals surface area contributed by atoms with Crippen molar-refractivity contribution in [1.29, 1.82) is 0 Å². The SMILES string of the molecule is Nc1ccccc1NC(=O)c1ccc(CBr)cc1. The normalized spacial score (nSPS) is 10.1. The third kappa shape index (κ3) is 2.90. The lowest BCUT2D eigenvalue weighted by Crippen LogP contribution is -2.13. The molecule has 3 N–H and O–H groups in total. The van der Waals surface area contributed by atoms with Crippen LogP contribution in [-0.4, -0.2) is 5.91 Å². The largest absolute Gasteiger partial charge is 0.397 e. The number of hydrogen-bond acceptors (Lipinski definition) is 2. The topological polar surface area (TPSA) is 55.1 Å². The number of rotatable bonds is 3. The number of carbonyl (C=O) groups is 1.